The third-order valence-electron chi connectivity index (χ3n) is 4.65. The van der Waals surface area contributed by atoms with E-state index in [0.29, 0.717) is 18.7 Å². The summed E-state index contributed by atoms with van der Waals surface area (Å²) in [4.78, 5) is 22.0. The summed E-state index contributed by atoms with van der Waals surface area (Å²) in [5.41, 5.74) is 0.647. The quantitative estimate of drug-likeness (QED) is 0.693. The lowest BCUT2D eigenvalue weighted by Gasteiger charge is -2.44. The summed E-state index contributed by atoms with van der Waals surface area (Å²) in [6.45, 7) is 9.53. The van der Waals surface area contributed by atoms with Crippen LogP contribution in [-0.2, 0) is 4.74 Å². The Kier molecular flexibility index (Phi) is 4.72. The molecule has 8 nitrogen and oxygen atoms in total. The number of amides is 1. The van der Waals surface area contributed by atoms with E-state index in [9.17, 15) is 4.79 Å². The third-order valence-corrected chi connectivity index (χ3v) is 5.59. The van der Waals surface area contributed by atoms with Crippen molar-refractivity contribution in [3.05, 3.63) is 29.7 Å². The average Bonchev–Trinajstić information content (AvgIpc) is 3.20. The maximum Gasteiger partial charge on any atom is 0.407 e. The van der Waals surface area contributed by atoms with E-state index < -0.39 is 17.3 Å². The van der Waals surface area contributed by atoms with Gasteiger partial charge in [-0.3, -0.25) is 0 Å². The van der Waals surface area contributed by atoms with Crippen LogP contribution in [0.1, 0.15) is 45.5 Å². The van der Waals surface area contributed by atoms with Gasteiger partial charge in [0.15, 0.2) is 0 Å². The van der Waals surface area contributed by atoms with Crippen molar-refractivity contribution < 1.29 is 14.3 Å². The van der Waals surface area contributed by atoms with Crippen LogP contribution in [-0.4, -0.2) is 42.9 Å². The highest BCUT2D eigenvalue weighted by Gasteiger charge is 2.44. The van der Waals surface area contributed by atoms with Crippen molar-refractivity contribution in [2.24, 2.45) is 0 Å². The molecule has 3 heterocycles. The molecular formula is C20H25N5O3S. The lowest BCUT2D eigenvalue weighted by atomic mass is 9.77. The van der Waals surface area contributed by atoms with Gasteiger partial charge < -0.3 is 14.8 Å². The van der Waals surface area contributed by atoms with E-state index in [1.54, 1.807) is 22.0 Å². The van der Waals surface area contributed by atoms with E-state index in [1.807, 2.05) is 53.1 Å². The Hall–Kier alpha value is -2.68. The fourth-order valence-corrected chi connectivity index (χ4v) is 4.18. The number of hydrogen-bond donors (Lipinski definition) is 1. The summed E-state index contributed by atoms with van der Waals surface area (Å²) in [5.74, 6) is 0.532. The van der Waals surface area contributed by atoms with Crippen LogP contribution in [0, 0.1) is 6.92 Å². The summed E-state index contributed by atoms with van der Waals surface area (Å²) in [7, 11) is 0. The molecule has 0 aliphatic heterocycles. The number of nitrogens with one attached hydrogen (secondary N) is 1. The van der Waals surface area contributed by atoms with Crippen LogP contribution < -0.4 is 10.1 Å². The zero-order valence-electron chi connectivity index (χ0n) is 17.2. The Bertz CT molecular complexity index is 1050. The minimum Gasteiger partial charge on any atom is -0.470 e. The smallest absolute Gasteiger partial charge is 0.407 e. The highest BCUT2D eigenvalue weighted by atomic mass is 32.1. The number of aryl methyl sites for hydroxylation is 1. The van der Waals surface area contributed by atoms with Crippen LogP contribution >= 0.6 is 11.3 Å². The van der Waals surface area contributed by atoms with Gasteiger partial charge >= 0.3 is 6.09 Å². The number of rotatable bonds is 4. The molecule has 0 unspecified atom stereocenters. The highest BCUT2D eigenvalue weighted by Crippen LogP contribution is 2.38. The van der Waals surface area contributed by atoms with Gasteiger partial charge in [0.2, 0.25) is 5.88 Å². The second kappa shape index (κ2) is 6.98. The van der Waals surface area contributed by atoms with Crippen LogP contribution in [0.3, 0.4) is 0 Å². The molecule has 4 rings (SSSR count). The second-order valence-electron chi connectivity index (χ2n) is 8.64. The molecule has 1 saturated carbocycles. The monoisotopic (exact) mass is 415 g/mol. The van der Waals surface area contributed by atoms with Crippen LogP contribution in [0.25, 0.3) is 16.1 Å². The van der Waals surface area contributed by atoms with Gasteiger partial charge in [-0.25, -0.2) is 19.3 Å². The molecule has 1 aliphatic rings. The summed E-state index contributed by atoms with van der Waals surface area (Å²) >= 11 is 1.58. The van der Waals surface area contributed by atoms with Gasteiger partial charge in [-0.05, 0) is 40.7 Å². The van der Waals surface area contributed by atoms with Crippen molar-refractivity contribution in [2.45, 2.75) is 64.7 Å². The van der Waals surface area contributed by atoms with Crippen molar-refractivity contribution in [3.8, 4) is 16.5 Å². The van der Waals surface area contributed by atoms with E-state index in [1.165, 1.54) is 0 Å². The van der Waals surface area contributed by atoms with Crippen molar-refractivity contribution in [3.63, 3.8) is 0 Å². The van der Waals surface area contributed by atoms with Crippen LogP contribution in [0.4, 0.5) is 4.79 Å². The molecule has 154 valence electrons. The van der Waals surface area contributed by atoms with Gasteiger partial charge in [-0.15, -0.1) is 11.3 Å². The first-order chi connectivity index (χ1) is 13.6. The molecule has 1 aliphatic carbocycles. The predicted octanol–water partition coefficient (Wildman–Crippen LogP) is 3.99. The number of carbonyl (C=O) groups excluding carboxylic acids is 1. The molecule has 3 aromatic heterocycles. The van der Waals surface area contributed by atoms with E-state index >= 15 is 0 Å². The predicted molar refractivity (Wildman–Crippen MR) is 110 cm³/mol. The van der Waals surface area contributed by atoms with Gasteiger partial charge in [0.1, 0.15) is 22.4 Å². The first-order valence-electron chi connectivity index (χ1n) is 9.56. The van der Waals surface area contributed by atoms with Crippen molar-refractivity contribution in [2.75, 3.05) is 0 Å². The maximum absolute atomic E-state index is 12.0. The Morgan fingerprint density at radius 2 is 2.14 bits per heavy atom. The third kappa shape index (κ3) is 4.34. The van der Waals surface area contributed by atoms with Crippen LogP contribution in [0.2, 0.25) is 0 Å². The minimum atomic E-state index is -0.513. The number of nitrogens with zero attached hydrogens (tertiary/aromatic N) is 4. The summed E-state index contributed by atoms with van der Waals surface area (Å²) in [6.07, 6.45) is 6.37. The number of fused-ring (bicyclic) bond motifs is 1. The molecule has 0 spiro atoms. The number of alkyl carbamates (subject to hydrolysis) is 1. The molecule has 0 atom stereocenters. The zero-order valence-corrected chi connectivity index (χ0v) is 18.0. The second-order valence-corrected chi connectivity index (χ2v) is 9.87. The molecule has 0 bridgehead atoms. The normalized spacial score (nSPS) is 21.6. The molecule has 29 heavy (non-hydrogen) atoms. The average molecular weight is 416 g/mol. The van der Waals surface area contributed by atoms with Gasteiger partial charge in [0, 0.05) is 25.1 Å². The Balaban J connectivity index is 1.48. The number of carbonyl (C=O) groups is 1. The Morgan fingerprint density at radius 3 is 2.79 bits per heavy atom. The fourth-order valence-electron chi connectivity index (χ4n) is 3.45. The zero-order chi connectivity index (χ0) is 20.8. The Labute approximate surface area is 173 Å². The van der Waals surface area contributed by atoms with Gasteiger partial charge in [0.25, 0.3) is 0 Å². The molecule has 3 aromatic rings. The van der Waals surface area contributed by atoms with Gasteiger partial charge in [-0.1, -0.05) is 0 Å². The summed E-state index contributed by atoms with van der Waals surface area (Å²) in [5, 5.41) is 8.22. The SMILES string of the molecule is Cc1ncc(-c2cn3nccc3c(OC3(C)CC(NC(=O)OC(C)(C)C)C3)n2)s1. The molecule has 1 fully saturated rings. The molecule has 9 heteroatoms. The van der Waals surface area contributed by atoms with Crippen molar-refractivity contribution in [1.82, 2.24) is 24.9 Å². The number of aromatic nitrogens is 4. The first kappa shape index (κ1) is 19.6. The maximum atomic E-state index is 12.0. The van der Waals surface area contributed by atoms with E-state index in [0.717, 1.165) is 21.1 Å². The number of thiazole rings is 1. The fraction of sp³-hybridized carbons (Fsp3) is 0.500. The number of hydrogen-bond acceptors (Lipinski definition) is 7. The molecule has 1 N–H and O–H groups in total. The number of ether oxygens (including phenoxy) is 2. The topological polar surface area (TPSA) is 90.6 Å². The molecule has 0 aromatic carbocycles. The molecule has 1 amide bonds. The molecule has 0 radical (unpaired) electrons. The molecular weight excluding hydrogens is 390 g/mol. The van der Waals surface area contributed by atoms with E-state index in [-0.39, 0.29) is 6.04 Å². The molecule has 0 saturated heterocycles. The first-order valence-corrected chi connectivity index (χ1v) is 10.4. The highest BCUT2D eigenvalue weighted by molar-refractivity contribution is 7.15. The van der Waals surface area contributed by atoms with Crippen LogP contribution in [0.5, 0.6) is 5.88 Å². The van der Waals surface area contributed by atoms with Crippen molar-refractivity contribution in [1.29, 1.82) is 0 Å². The standard InChI is InChI=1S/C20H25N5O3S/c1-12-21-10-16(29-12)14-11-25-15(6-7-22-25)17(24-14)27-20(5)8-13(9-20)23-18(26)28-19(2,3)4/h6-7,10-11,13H,8-9H2,1-5H3,(H,23,26). The Morgan fingerprint density at radius 1 is 1.38 bits per heavy atom. The minimum absolute atomic E-state index is 0.0168. The van der Waals surface area contributed by atoms with Gasteiger partial charge in [-0.2, -0.15) is 5.10 Å². The summed E-state index contributed by atoms with van der Waals surface area (Å²) in [6, 6.07) is 1.89. The largest absolute Gasteiger partial charge is 0.470 e. The van der Waals surface area contributed by atoms with Crippen LogP contribution in [0.15, 0.2) is 24.7 Å². The van der Waals surface area contributed by atoms with E-state index in [4.69, 9.17) is 14.5 Å². The van der Waals surface area contributed by atoms with Gasteiger partial charge in [0.05, 0.1) is 22.3 Å². The van der Waals surface area contributed by atoms with Crippen molar-refractivity contribution >= 4 is 22.9 Å². The lowest BCUT2D eigenvalue weighted by molar-refractivity contribution is -0.0217. The lowest BCUT2D eigenvalue weighted by Crippen LogP contribution is -2.57. The summed E-state index contributed by atoms with van der Waals surface area (Å²) < 4.78 is 13.4. The van der Waals surface area contributed by atoms with E-state index in [2.05, 4.69) is 15.4 Å².